The zero-order valence-electron chi connectivity index (χ0n) is 16.4. The van der Waals surface area contributed by atoms with E-state index in [0.29, 0.717) is 6.42 Å². The van der Waals surface area contributed by atoms with Gasteiger partial charge in [0, 0.05) is 34.1 Å². The predicted molar refractivity (Wildman–Crippen MR) is 91.1 cm³/mol. The topological polar surface area (TPSA) is 163 Å². The minimum atomic E-state index is -0.833. The van der Waals surface area contributed by atoms with Gasteiger partial charge in [0.2, 0.25) is 0 Å². The van der Waals surface area contributed by atoms with Crippen LogP contribution in [0.25, 0.3) is 0 Å². The molecular weight excluding hydrogens is 380 g/mol. The summed E-state index contributed by atoms with van der Waals surface area (Å²) >= 11 is 0. The molecule has 2 aliphatic heterocycles. The first-order valence-corrected chi connectivity index (χ1v) is 8.40. The highest BCUT2D eigenvalue weighted by Gasteiger charge is 2.52. The highest BCUT2D eigenvalue weighted by molar-refractivity contribution is 5.75. The molecule has 3 unspecified atom stereocenters. The molecule has 0 aromatic heterocycles. The van der Waals surface area contributed by atoms with Gasteiger partial charge >= 0.3 is 17.9 Å². The SMILES string of the molecule is CC(=O)O.CC(=O)O.CC(=O)OC[C@@H]1CC(OC(C)=O)[C@@H]2OC(=O)C(C)C2O1. The molecule has 0 amide bonds. The van der Waals surface area contributed by atoms with Crippen molar-refractivity contribution in [2.24, 2.45) is 5.92 Å². The van der Waals surface area contributed by atoms with Crippen molar-refractivity contribution in [3.8, 4) is 0 Å². The second-order valence-corrected chi connectivity index (χ2v) is 6.14. The van der Waals surface area contributed by atoms with Gasteiger partial charge in [-0.2, -0.15) is 0 Å². The zero-order valence-corrected chi connectivity index (χ0v) is 16.4. The Balaban J connectivity index is 0.000000776. The van der Waals surface area contributed by atoms with Gasteiger partial charge in [0.25, 0.3) is 11.9 Å². The Morgan fingerprint density at radius 1 is 1.00 bits per heavy atom. The van der Waals surface area contributed by atoms with E-state index in [1.165, 1.54) is 13.8 Å². The molecular formula is C17H26O11. The summed E-state index contributed by atoms with van der Waals surface area (Å²) in [7, 11) is 0. The van der Waals surface area contributed by atoms with Crippen LogP contribution in [0.3, 0.4) is 0 Å². The average Bonchev–Trinajstić information content (AvgIpc) is 2.79. The van der Waals surface area contributed by atoms with E-state index in [-0.39, 0.29) is 12.6 Å². The number of carbonyl (C=O) groups excluding carboxylic acids is 3. The van der Waals surface area contributed by atoms with Crippen molar-refractivity contribution in [1.82, 2.24) is 0 Å². The number of esters is 3. The fourth-order valence-electron chi connectivity index (χ4n) is 2.53. The Hall–Kier alpha value is -2.69. The number of carboxylic acid groups (broad SMARTS) is 2. The maximum atomic E-state index is 11.6. The van der Waals surface area contributed by atoms with Crippen LogP contribution in [0, 0.1) is 5.92 Å². The molecule has 0 aromatic rings. The van der Waals surface area contributed by atoms with Gasteiger partial charge in [0.05, 0.1) is 12.0 Å². The fraction of sp³-hybridized carbons (Fsp3) is 0.706. The van der Waals surface area contributed by atoms with Crippen LogP contribution in [0.1, 0.15) is 41.0 Å². The van der Waals surface area contributed by atoms with Crippen LogP contribution in [0.5, 0.6) is 0 Å². The van der Waals surface area contributed by atoms with E-state index in [0.717, 1.165) is 13.8 Å². The molecule has 0 saturated carbocycles. The molecule has 2 heterocycles. The summed E-state index contributed by atoms with van der Waals surface area (Å²) < 4.78 is 21.1. The van der Waals surface area contributed by atoms with E-state index in [4.69, 9.17) is 38.7 Å². The lowest BCUT2D eigenvalue weighted by Gasteiger charge is -2.36. The summed E-state index contributed by atoms with van der Waals surface area (Å²) in [6.07, 6.45) is -1.73. The van der Waals surface area contributed by atoms with Crippen molar-refractivity contribution in [2.45, 2.75) is 65.5 Å². The molecule has 28 heavy (non-hydrogen) atoms. The maximum absolute atomic E-state index is 11.6. The quantitative estimate of drug-likeness (QED) is 0.492. The minimum Gasteiger partial charge on any atom is -0.481 e. The lowest BCUT2D eigenvalue weighted by atomic mass is 9.93. The standard InChI is InChI=1S/C13H18O7.2C2H4O2/c1-6-11-12(20-13(6)16)10(18-8(3)15)4-9(19-11)5-17-7(2)14;2*1-2(3)4/h6,9-12H,4-5H2,1-3H3;2*1H3,(H,3,4)/t6?,9-,10?,11?,12-;;/m0../s1. The van der Waals surface area contributed by atoms with E-state index >= 15 is 0 Å². The minimum absolute atomic E-state index is 0.0667. The van der Waals surface area contributed by atoms with Gasteiger partial charge in [0.15, 0.2) is 6.10 Å². The summed E-state index contributed by atoms with van der Waals surface area (Å²) in [5.74, 6) is -3.33. The van der Waals surface area contributed by atoms with E-state index in [1.807, 2.05) is 0 Å². The van der Waals surface area contributed by atoms with Crippen LogP contribution >= 0.6 is 0 Å². The van der Waals surface area contributed by atoms with Crippen molar-refractivity contribution in [1.29, 1.82) is 0 Å². The second-order valence-electron chi connectivity index (χ2n) is 6.14. The molecule has 0 bridgehead atoms. The number of hydrogen-bond donors (Lipinski definition) is 2. The number of hydrogen-bond acceptors (Lipinski definition) is 9. The van der Waals surface area contributed by atoms with E-state index in [2.05, 4.69) is 0 Å². The third-order valence-electron chi connectivity index (χ3n) is 3.44. The van der Waals surface area contributed by atoms with Crippen molar-refractivity contribution in [2.75, 3.05) is 6.61 Å². The van der Waals surface area contributed by atoms with Gasteiger partial charge < -0.3 is 29.2 Å². The van der Waals surface area contributed by atoms with Gasteiger partial charge in [-0.25, -0.2) is 0 Å². The molecule has 160 valence electrons. The number of ether oxygens (including phenoxy) is 4. The molecule has 2 saturated heterocycles. The molecule has 5 atom stereocenters. The summed E-state index contributed by atoms with van der Waals surface area (Å²) in [4.78, 5) is 51.6. The molecule has 0 aromatic carbocycles. The zero-order chi connectivity index (χ0) is 22.0. The van der Waals surface area contributed by atoms with Gasteiger partial charge in [0.1, 0.15) is 18.8 Å². The van der Waals surface area contributed by atoms with Crippen LogP contribution in [-0.2, 0) is 42.9 Å². The molecule has 2 fully saturated rings. The summed E-state index contributed by atoms with van der Waals surface area (Å²) in [5.41, 5.74) is 0. The Labute approximate surface area is 161 Å². The molecule has 0 radical (unpaired) electrons. The third-order valence-corrected chi connectivity index (χ3v) is 3.44. The van der Waals surface area contributed by atoms with Crippen LogP contribution in [0.2, 0.25) is 0 Å². The molecule has 0 aliphatic carbocycles. The van der Waals surface area contributed by atoms with Crippen LogP contribution in [0.4, 0.5) is 0 Å². The fourth-order valence-corrected chi connectivity index (χ4v) is 2.53. The monoisotopic (exact) mass is 406 g/mol. The largest absolute Gasteiger partial charge is 0.481 e. The van der Waals surface area contributed by atoms with Crippen molar-refractivity contribution in [3.05, 3.63) is 0 Å². The number of aliphatic carboxylic acids is 2. The van der Waals surface area contributed by atoms with Gasteiger partial charge in [-0.05, 0) is 6.92 Å². The Kier molecular flexibility index (Phi) is 10.8. The summed E-state index contributed by atoms with van der Waals surface area (Å²) in [6, 6.07) is 0. The third kappa shape index (κ3) is 9.86. The lowest BCUT2D eigenvalue weighted by Crippen LogP contribution is -2.50. The number of rotatable bonds is 3. The summed E-state index contributed by atoms with van der Waals surface area (Å²) in [6.45, 7) is 6.54. The average molecular weight is 406 g/mol. The highest BCUT2D eigenvalue weighted by Crippen LogP contribution is 2.35. The smallest absolute Gasteiger partial charge is 0.311 e. The van der Waals surface area contributed by atoms with Gasteiger partial charge in [-0.3, -0.25) is 24.0 Å². The predicted octanol–water partition coefficient (Wildman–Crippen LogP) is 0.382. The molecule has 2 N–H and O–H groups in total. The van der Waals surface area contributed by atoms with Gasteiger partial charge in [-0.1, -0.05) is 0 Å². The normalized spacial score (nSPS) is 27.5. The van der Waals surface area contributed by atoms with Crippen molar-refractivity contribution < 1.29 is 53.1 Å². The summed E-state index contributed by atoms with van der Waals surface area (Å²) in [5, 5.41) is 14.8. The first kappa shape index (κ1) is 25.3. The van der Waals surface area contributed by atoms with E-state index in [9.17, 15) is 14.4 Å². The molecule has 0 spiro atoms. The van der Waals surface area contributed by atoms with Crippen molar-refractivity contribution in [3.63, 3.8) is 0 Å². The number of fused-ring (bicyclic) bond motifs is 1. The van der Waals surface area contributed by atoms with Crippen molar-refractivity contribution >= 4 is 29.8 Å². The second kappa shape index (κ2) is 11.9. The van der Waals surface area contributed by atoms with Crippen LogP contribution in [-0.4, -0.2) is 71.1 Å². The molecule has 11 heteroatoms. The Morgan fingerprint density at radius 2 is 1.50 bits per heavy atom. The highest BCUT2D eigenvalue weighted by atomic mass is 16.6. The van der Waals surface area contributed by atoms with Gasteiger partial charge in [-0.15, -0.1) is 0 Å². The molecule has 2 aliphatic rings. The maximum Gasteiger partial charge on any atom is 0.311 e. The Morgan fingerprint density at radius 3 is 1.93 bits per heavy atom. The van der Waals surface area contributed by atoms with Crippen LogP contribution < -0.4 is 0 Å². The van der Waals surface area contributed by atoms with E-state index < -0.39 is 54.2 Å². The first-order valence-electron chi connectivity index (χ1n) is 8.40. The number of carbonyl (C=O) groups is 5. The first-order chi connectivity index (χ1) is 12.8. The van der Waals surface area contributed by atoms with E-state index in [1.54, 1.807) is 6.92 Å². The lowest BCUT2D eigenvalue weighted by molar-refractivity contribution is -0.193. The Bertz CT molecular complexity index is 566. The van der Waals surface area contributed by atoms with Crippen LogP contribution in [0.15, 0.2) is 0 Å². The number of carboxylic acids is 2. The molecule has 2 rings (SSSR count). The molecule has 11 nitrogen and oxygen atoms in total.